The number of hydrogen-bond donors (Lipinski definition) is 3. The second-order valence-electron chi connectivity index (χ2n) is 5.38. The van der Waals surface area contributed by atoms with Crippen LogP contribution in [0.5, 0.6) is 0 Å². The Kier molecular flexibility index (Phi) is 6.43. The van der Waals surface area contributed by atoms with Gasteiger partial charge in [0.25, 0.3) is 0 Å². The molecule has 0 heterocycles. The molecular weight excluding hydrogens is 297 g/mol. The highest BCUT2D eigenvalue weighted by Gasteiger charge is 2.22. The van der Waals surface area contributed by atoms with Gasteiger partial charge in [0, 0.05) is 17.0 Å². The molecule has 112 valence electrons. The van der Waals surface area contributed by atoms with E-state index in [-0.39, 0.29) is 11.3 Å². The van der Waals surface area contributed by atoms with Gasteiger partial charge in [0.1, 0.15) is 5.84 Å². The first-order valence-corrected chi connectivity index (χ1v) is 7.29. The van der Waals surface area contributed by atoms with Crippen molar-refractivity contribution in [1.82, 2.24) is 0 Å². The first kappa shape index (κ1) is 16.9. The number of anilines is 1. The predicted octanol–water partition coefficient (Wildman–Crippen LogP) is 4.35. The van der Waals surface area contributed by atoms with Crippen LogP contribution in [0, 0.1) is 5.41 Å². The summed E-state index contributed by atoms with van der Waals surface area (Å²) in [6, 6.07) is 5.38. The fraction of sp³-hybridized carbons (Fsp3) is 0.500. The van der Waals surface area contributed by atoms with Gasteiger partial charge in [-0.1, -0.05) is 48.6 Å². The Morgan fingerprint density at radius 1 is 1.35 bits per heavy atom. The Hall–Kier alpha value is -1.13. The van der Waals surface area contributed by atoms with Crippen LogP contribution in [0.4, 0.5) is 5.69 Å². The second kappa shape index (κ2) is 7.60. The van der Waals surface area contributed by atoms with Gasteiger partial charge in [0.2, 0.25) is 0 Å². The number of nitrogens with one attached hydrogen (secondary N) is 1. The summed E-state index contributed by atoms with van der Waals surface area (Å²) in [5, 5.41) is 16.3. The molecule has 1 aromatic carbocycles. The van der Waals surface area contributed by atoms with Crippen molar-refractivity contribution in [3.63, 3.8) is 0 Å². The fourth-order valence-electron chi connectivity index (χ4n) is 1.81. The maximum atomic E-state index is 8.70. The molecule has 4 nitrogen and oxygen atoms in total. The van der Waals surface area contributed by atoms with E-state index >= 15 is 0 Å². The van der Waals surface area contributed by atoms with E-state index in [0.29, 0.717) is 10.0 Å². The normalized spacial score (nSPS) is 12.5. The zero-order valence-corrected chi connectivity index (χ0v) is 13.3. The average Bonchev–Trinajstić information content (AvgIpc) is 2.39. The van der Waals surface area contributed by atoms with Crippen LogP contribution in [0.3, 0.4) is 0 Å². The van der Waals surface area contributed by atoms with E-state index in [9.17, 15) is 0 Å². The lowest BCUT2D eigenvalue weighted by molar-refractivity contribution is 0.304. The van der Waals surface area contributed by atoms with Crippen LogP contribution in [-0.2, 0) is 0 Å². The molecule has 0 unspecified atom stereocenters. The minimum absolute atomic E-state index is 0.270. The Morgan fingerprint density at radius 3 is 2.65 bits per heavy atom. The van der Waals surface area contributed by atoms with Crippen LogP contribution in [0.25, 0.3) is 0 Å². The smallest absolute Gasteiger partial charge is 0.144 e. The van der Waals surface area contributed by atoms with Crippen molar-refractivity contribution < 1.29 is 5.21 Å². The highest BCUT2D eigenvalue weighted by molar-refractivity contribution is 6.36. The molecule has 0 aliphatic carbocycles. The predicted molar refractivity (Wildman–Crippen MR) is 86.0 cm³/mol. The molecule has 6 heteroatoms. The molecule has 4 N–H and O–H groups in total. The lowest BCUT2D eigenvalue weighted by Crippen LogP contribution is -2.31. The second-order valence-corrected chi connectivity index (χ2v) is 6.22. The Labute approximate surface area is 129 Å². The quantitative estimate of drug-likeness (QED) is 0.230. The summed E-state index contributed by atoms with van der Waals surface area (Å²) in [4.78, 5) is 0. The van der Waals surface area contributed by atoms with Crippen LogP contribution in [0.1, 0.15) is 33.1 Å². The minimum atomic E-state index is -0.285. The number of oxime groups is 1. The highest BCUT2D eigenvalue weighted by atomic mass is 35.5. The topological polar surface area (TPSA) is 70.6 Å². The molecule has 1 aromatic rings. The number of halogens is 2. The molecule has 0 bridgehead atoms. The van der Waals surface area contributed by atoms with Crippen molar-refractivity contribution in [1.29, 1.82) is 0 Å². The van der Waals surface area contributed by atoms with Gasteiger partial charge in [-0.25, -0.2) is 0 Å². The highest BCUT2D eigenvalue weighted by Crippen LogP contribution is 2.26. The number of benzene rings is 1. The number of unbranched alkanes of at least 4 members (excludes halogenated alkanes) is 1. The molecule has 0 amide bonds. The van der Waals surface area contributed by atoms with Crippen molar-refractivity contribution in [3.05, 3.63) is 28.2 Å². The molecule has 0 aromatic heterocycles. The Morgan fingerprint density at radius 2 is 2.05 bits per heavy atom. The molecule has 0 radical (unpaired) electrons. The third kappa shape index (κ3) is 5.10. The largest absolute Gasteiger partial charge is 0.409 e. The molecular formula is C14H21Cl2N3O. The summed E-state index contributed by atoms with van der Waals surface area (Å²) in [7, 11) is 0. The number of nitrogens with two attached hydrogens (primary N) is 1. The van der Waals surface area contributed by atoms with E-state index in [0.717, 1.165) is 31.5 Å². The number of nitrogens with zero attached hydrogens (tertiary/aromatic N) is 1. The lowest BCUT2D eigenvalue weighted by atomic mass is 9.86. The fourth-order valence-corrected chi connectivity index (χ4v) is 2.29. The van der Waals surface area contributed by atoms with Gasteiger partial charge in [-0.15, -0.1) is 0 Å². The van der Waals surface area contributed by atoms with Crippen molar-refractivity contribution in [2.24, 2.45) is 16.3 Å². The number of rotatable bonds is 7. The lowest BCUT2D eigenvalue weighted by Gasteiger charge is -2.22. The monoisotopic (exact) mass is 317 g/mol. The van der Waals surface area contributed by atoms with Crippen LogP contribution >= 0.6 is 23.2 Å². The Balaban J connectivity index is 2.32. The maximum absolute atomic E-state index is 8.70. The third-order valence-electron chi connectivity index (χ3n) is 3.28. The van der Waals surface area contributed by atoms with Gasteiger partial charge in [-0.2, -0.15) is 0 Å². The summed E-state index contributed by atoms with van der Waals surface area (Å²) >= 11 is 11.9. The van der Waals surface area contributed by atoms with Crippen molar-refractivity contribution in [3.8, 4) is 0 Å². The molecule has 1 rings (SSSR count). The van der Waals surface area contributed by atoms with Crippen LogP contribution < -0.4 is 11.1 Å². The number of amidine groups is 1. The zero-order chi connectivity index (χ0) is 15.2. The van der Waals surface area contributed by atoms with Gasteiger partial charge >= 0.3 is 0 Å². The van der Waals surface area contributed by atoms with Gasteiger partial charge in [0.15, 0.2) is 0 Å². The van der Waals surface area contributed by atoms with Gasteiger partial charge < -0.3 is 16.3 Å². The minimum Gasteiger partial charge on any atom is -0.409 e. The molecule has 0 aliphatic heterocycles. The SMILES string of the molecule is CC(C)(CCCCNc1ccc(Cl)cc1Cl)/C(N)=N/O. The summed E-state index contributed by atoms with van der Waals surface area (Å²) in [6.07, 6.45) is 2.81. The molecule has 0 saturated carbocycles. The van der Waals surface area contributed by atoms with Crippen molar-refractivity contribution in [2.45, 2.75) is 33.1 Å². The van der Waals surface area contributed by atoms with E-state index in [1.807, 2.05) is 19.9 Å². The van der Waals surface area contributed by atoms with Crippen LogP contribution in [0.15, 0.2) is 23.4 Å². The average molecular weight is 318 g/mol. The van der Waals surface area contributed by atoms with E-state index in [1.54, 1.807) is 12.1 Å². The van der Waals surface area contributed by atoms with Gasteiger partial charge in [-0.05, 0) is 31.0 Å². The van der Waals surface area contributed by atoms with Crippen LogP contribution in [-0.4, -0.2) is 17.6 Å². The summed E-state index contributed by atoms with van der Waals surface area (Å²) in [5.74, 6) is 0.270. The molecule has 20 heavy (non-hydrogen) atoms. The summed E-state index contributed by atoms with van der Waals surface area (Å²) in [5.41, 5.74) is 6.24. The van der Waals surface area contributed by atoms with Crippen molar-refractivity contribution >= 4 is 34.7 Å². The van der Waals surface area contributed by atoms with Gasteiger partial charge in [0.05, 0.1) is 10.7 Å². The molecule has 0 saturated heterocycles. The third-order valence-corrected chi connectivity index (χ3v) is 3.82. The standard InChI is InChI=1S/C14H21Cl2N3O/c1-14(2,13(17)19-20)7-3-4-8-18-12-6-5-10(15)9-11(12)16/h5-6,9,18,20H,3-4,7-8H2,1-2H3,(H2,17,19). The maximum Gasteiger partial charge on any atom is 0.144 e. The van der Waals surface area contributed by atoms with E-state index < -0.39 is 0 Å². The van der Waals surface area contributed by atoms with E-state index in [2.05, 4.69) is 10.5 Å². The molecule has 0 fully saturated rings. The zero-order valence-electron chi connectivity index (χ0n) is 11.8. The first-order chi connectivity index (χ1) is 9.36. The molecule has 0 spiro atoms. The van der Waals surface area contributed by atoms with Crippen molar-refractivity contribution in [2.75, 3.05) is 11.9 Å². The van der Waals surface area contributed by atoms with Gasteiger partial charge in [-0.3, -0.25) is 0 Å². The summed E-state index contributed by atoms with van der Waals surface area (Å²) in [6.45, 7) is 4.74. The number of hydrogen-bond acceptors (Lipinski definition) is 3. The molecule has 0 aliphatic rings. The molecule has 0 atom stereocenters. The first-order valence-electron chi connectivity index (χ1n) is 6.54. The van der Waals surface area contributed by atoms with E-state index in [1.165, 1.54) is 0 Å². The van der Waals surface area contributed by atoms with Crippen LogP contribution in [0.2, 0.25) is 10.0 Å². The summed E-state index contributed by atoms with van der Waals surface area (Å²) < 4.78 is 0. The Bertz CT molecular complexity index is 475. The van der Waals surface area contributed by atoms with E-state index in [4.69, 9.17) is 34.1 Å².